The molecule has 1 atom stereocenters. The molecule has 15 heavy (non-hydrogen) atoms. The lowest BCUT2D eigenvalue weighted by Gasteiger charge is -2.21. The molecule has 1 aliphatic heterocycles. The Morgan fingerprint density at radius 1 is 1.60 bits per heavy atom. The Morgan fingerprint density at radius 3 is 3.00 bits per heavy atom. The van der Waals surface area contributed by atoms with Gasteiger partial charge >= 0.3 is 0 Å². The van der Waals surface area contributed by atoms with Crippen molar-refractivity contribution in [2.45, 2.75) is 25.9 Å². The van der Waals surface area contributed by atoms with Crippen LogP contribution >= 0.6 is 0 Å². The van der Waals surface area contributed by atoms with E-state index in [-0.39, 0.29) is 0 Å². The van der Waals surface area contributed by atoms with Gasteiger partial charge in [-0.1, -0.05) is 13.5 Å². The van der Waals surface area contributed by atoms with E-state index in [1.165, 1.54) is 18.4 Å². The van der Waals surface area contributed by atoms with E-state index in [4.69, 9.17) is 4.74 Å². The van der Waals surface area contributed by atoms with Gasteiger partial charge in [0, 0.05) is 26.2 Å². The summed E-state index contributed by atoms with van der Waals surface area (Å²) in [5.41, 5.74) is 1.25. The van der Waals surface area contributed by atoms with Crippen LogP contribution < -0.4 is 5.32 Å². The predicted molar refractivity (Wildman–Crippen MR) is 64.2 cm³/mol. The summed E-state index contributed by atoms with van der Waals surface area (Å²) in [6.45, 7) is 11.0. The summed E-state index contributed by atoms with van der Waals surface area (Å²) in [6, 6.07) is 0. The van der Waals surface area contributed by atoms with Crippen LogP contribution in [0, 0.1) is 0 Å². The van der Waals surface area contributed by atoms with E-state index in [2.05, 4.69) is 30.8 Å². The third-order valence-electron chi connectivity index (χ3n) is 2.66. The minimum absolute atomic E-state index is 0.446. The summed E-state index contributed by atoms with van der Waals surface area (Å²) in [6.07, 6.45) is 2.88. The Bertz CT molecular complexity index is 188. The molecule has 1 saturated heterocycles. The molecular weight excluding hydrogens is 188 g/mol. The monoisotopic (exact) mass is 212 g/mol. The molecule has 0 saturated carbocycles. The van der Waals surface area contributed by atoms with E-state index in [0.717, 1.165) is 32.8 Å². The van der Waals surface area contributed by atoms with Gasteiger partial charge < -0.3 is 10.1 Å². The lowest BCUT2D eigenvalue weighted by Crippen LogP contribution is -2.32. The van der Waals surface area contributed by atoms with Crippen LogP contribution in [0.2, 0.25) is 0 Å². The molecule has 1 unspecified atom stereocenters. The maximum absolute atomic E-state index is 5.60. The third kappa shape index (κ3) is 5.30. The number of nitrogens with one attached hydrogen (secondary N) is 1. The number of ether oxygens (including phenoxy) is 1. The van der Waals surface area contributed by atoms with Gasteiger partial charge in [-0.25, -0.2) is 0 Å². The highest BCUT2D eigenvalue weighted by Gasteiger charge is 2.17. The minimum atomic E-state index is 0.446. The number of nitrogens with zero attached hydrogens (tertiary/aromatic N) is 1. The first-order valence-corrected chi connectivity index (χ1v) is 5.90. The fourth-order valence-electron chi connectivity index (χ4n) is 1.94. The molecule has 0 aromatic heterocycles. The van der Waals surface area contributed by atoms with Crippen LogP contribution in [0.25, 0.3) is 0 Å². The molecular formula is C12H24N2O. The topological polar surface area (TPSA) is 24.5 Å². The summed E-state index contributed by atoms with van der Waals surface area (Å²) < 4.78 is 5.60. The van der Waals surface area contributed by atoms with Gasteiger partial charge in [0.05, 0.1) is 6.10 Å². The molecule has 0 aromatic rings. The molecule has 1 N–H and O–H groups in total. The second kappa shape index (κ2) is 6.99. The molecule has 0 amide bonds. The summed E-state index contributed by atoms with van der Waals surface area (Å²) >= 11 is 0. The molecule has 0 spiro atoms. The van der Waals surface area contributed by atoms with Crippen molar-refractivity contribution in [1.29, 1.82) is 0 Å². The Hall–Kier alpha value is -0.380. The van der Waals surface area contributed by atoms with Gasteiger partial charge in [0.25, 0.3) is 0 Å². The number of likely N-dealkylation sites (N-methyl/N-ethyl adjacent to an activating group) is 2. The van der Waals surface area contributed by atoms with Gasteiger partial charge in [-0.3, -0.25) is 4.90 Å². The smallest absolute Gasteiger partial charge is 0.0702 e. The predicted octanol–water partition coefficient (Wildman–Crippen LogP) is 1.26. The van der Waals surface area contributed by atoms with Gasteiger partial charge in [0.15, 0.2) is 0 Å². The van der Waals surface area contributed by atoms with Crippen molar-refractivity contribution in [1.82, 2.24) is 10.2 Å². The van der Waals surface area contributed by atoms with E-state index in [1.807, 2.05) is 0 Å². The van der Waals surface area contributed by atoms with E-state index in [0.29, 0.717) is 6.10 Å². The van der Waals surface area contributed by atoms with Crippen molar-refractivity contribution >= 4 is 0 Å². The van der Waals surface area contributed by atoms with Crippen LogP contribution in [-0.4, -0.2) is 50.8 Å². The highest BCUT2D eigenvalue weighted by atomic mass is 16.5. The lowest BCUT2D eigenvalue weighted by molar-refractivity contribution is 0.0836. The molecule has 1 fully saturated rings. The maximum Gasteiger partial charge on any atom is 0.0702 e. The summed E-state index contributed by atoms with van der Waals surface area (Å²) in [4.78, 5) is 2.30. The number of hydrogen-bond donors (Lipinski definition) is 1. The van der Waals surface area contributed by atoms with Crippen LogP contribution in [0.3, 0.4) is 0 Å². The lowest BCUT2D eigenvalue weighted by atomic mass is 10.2. The quantitative estimate of drug-likeness (QED) is 0.643. The van der Waals surface area contributed by atoms with E-state index < -0.39 is 0 Å². The number of hydrogen-bond acceptors (Lipinski definition) is 3. The molecule has 0 aromatic carbocycles. The van der Waals surface area contributed by atoms with Crippen molar-refractivity contribution < 1.29 is 4.74 Å². The average molecular weight is 212 g/mol. The largest absolute Gasteiger partial charge is 0.377 e. The van der Waals surface area contributed by atoms with Crippen LogP contribution in [0.5, 0.6) is 0 Å². The van der Waals surface area contributed by atoms with Gasteiger partial charge in [-0.15, -0.1) is 0 Å². The molecule has 3 nitrogen and oxygen atoms in total. The van der Waals surface area contributed by atoms with Gasteiger partial charge in [0.1, 0.15) is 0 Å². The van der Waals surface area contributed by atoms with E-state index >= 15 is 0 Å². The van der Waals surface area contributed by atoms with Crippen molar-refractivity contribution in [3.8, 4) is 0 Å². The Morgan fingerprint density at radius 2 is 2.40 bits per heavy atom. The highest BCUT2D eigenvalue weighted by Crippen LogP contribution is 2.12. The molecule has 0 aliphatic carbocycles. The molecule has 0 radical (unpaired) electrons. The Balaban J connectivity index is 2.11. The molecule has 88 valence electrons. The normalized spacial score (nSPS) is 21.1. The van der Waals surface area contributed by atoms with Gasteiger partial charge in [-0.05, 0) is 32.0 Å². The van der Waals surface area contributed by atoms with Crippen molar-refractivity contribution in [3.63, 3.8) is 0 Å². The first kappa shape index (κ1) is 12.7. The van der Waals surface area contributed by atoms with E-state index in [9.17, 15) is 0 Å². The van der Waals surface area contributed by atoms with Crippen LogP contribution in [-0.2, 0) is 4.74 Å². The number of rotatable bonds is 7. The van der Waals surface area contributed by atoms with Crippen molar-refractivity contribution in [3.05, 3.63) is 12.2 Å². The van der Waals surface area contributed by atoms with Gasteiger partial charge in [0.2, 0.25) is 0 Å². The second-order valence-corrected chi connectivity index (χ2v) is 4.36. The molecule has 1 heterocycles. The fraction of sp³-hybridized carbons (Fsp3) is 0.833. The molecule has 1 aliphatic rings. The fourth-order valence-corrected chi connectivity index (χ4v) is 1.94. The second-order valence-electron chi connectivity index (χ2n) is 4.36. The van der Waals surface area contributed by atoms with Gasteiger partial charge in [-0.2, -0.15) is 0 Å². The van der Waals surface area contributed by atoms with Crippen LogP contribution in [0.15, 0.2) is 12.2 Å². The minimum Gasteiger partial charge on any atom is -0.377 e. The highest BCUT2D eigenvalue weighted by molar-refractivity contribution is 4.99. The molecule has 0 bridgehead atoms. The SMILES string of the molecule is C=C(CNCC)CN(C)CC1CCCO1. The summed E-state index contributed by atoms with van der Waals surface area (Å²) in [7, 11) is 2.14. The average Bonchev–Trinajstić information content (AvgIpc) is 2.67. The third-order valence-corrected chi connectivity index (χ3v) is 2.66. The van der Waals surface area contributed by atoms with E-state index in [1.54, 1.807) is 0 Å². The van der Waals surface area contributed by atoms with Crippen molar-refractivity contribution in [2.75, 3.05) is 39.8 Å². The first-order valence-electron chi connectivity index (χ1n) is 5.90. The van der Waals surface area contributed by atoms with Crippen molar-refractivity contribution in [2.24, 2.45) is 0 Å². The Kier molecular flexibility index (Phi) is 5.91. The zero-order valence-corrected chi connectivity index (χ0v) is 10.1. The maximum atomic E-state index is 5.60. The Labute approximate surface area is 93.5 Å². The summed E-state index contributed by atoms with van der Waals surface area (Å²) in [5, 5.41) is 3.29. The zero-order valence-electron chi connectivity index (χ0n) is 10.1. The molecule has 1 rings (SSSR count). The van der Waals surface area contributed by atoms with Crippen LogP contribution in [0.4, 0.5) is 0 Å². The zero-order chi connectivity index (χ0) is 11.1. The summed E-state index contributed by atoms with van der Waals surface area (Å²) in [5.74, 6) is 0. The standard InChI is InChI=1S/C12H24N2O/c1-4-13-8-11(2)9-14(3)10-12-6-5-7-15-12/h12-13H,2,4-10H2,1,3H3. The first-order chi connectivity index (χ1) is 7.22. The van der Waals surface area contributed by atoms with Crippen LogP contribution in [0.1, 0.15) is 19.8 Å². The molecule has 3 heteroatoms.